The molecule has 8 nitrogen and oxygen atoms in total. The van der Waals surface area contributed by atoms with Crippen molar-refractivity contribution in [2.24, 2.45) is 0 Å². The zero-order chi connectivity index (χ0) is 23.4. The second kappa shape index (κ2) is 13.4. The Morgan fingerprint density at radius 1 is 1.16 bits per heavy atom. The summed E-state index contributed by atoms with van der Waals surface area (Å²) in [6.45, 7) is 1.41. The summed E-state index contributed by atoms with van der Waals surface area (Å²) in [5.41, 5.74) is 0.821. The van der Waals surface area contributed by atoms with E-state index in [4.69, 9.17) is 4.74 Å². The van der Waals surface area contributed by atoms with Gasteiger partial charge < -0.3 is 20.3 Å². The third kappa shape index (κ3) is 10.5. The predicted molar refractivity (Wildman–Crippen MR) is 125 cm³/mol. The fourth-order valence-electron chi connectivity index (χ4n) is 3.88. The maximum absolute atomic E-state index is 12.6. The van der Waals surface area contributed by atoms with Crippen molar-refractivity contribution in [3.63, 3.8) is 0 Å². The average molecular weight is 468 g/mol. The van der Waals surface area contributed by atoms with E-state index in [0.29, 0.717) is 12.6 Å². The van der Waals surface area contributed by atoms with Crippen LogP contribution in [0.25, 0.3) is 0 Å². The zero-order valence-electron chi connectivity index (χ0n) is 19.2. The molecule has 0 aromatic heterocycles. The van der Waals surface area contributed by atoms with E-state index in [0.717, 1.165) is 24.8 Å². The molecule has 1 saturated carbocycles. The van der Waals surface area contributed by atoms with Crippen LogP contribution in [0.1, 0.15) is 50.5 Å². The van der Waals surface area contributed by atoms with Gasteiger partial charge in [-0.1, -0.05) is 49.6 Å². The molecule has 32 heavy (non-hydrogen) atoms. The minimum atomic E-state index is -3.27. The normalized spacial score (nSPS) is 15.8. The van der Waals surface area contributed by atoms with Crippen LogP contribution < -0.4 is 10.6 Å². The van der Waals surface area contributed by atoms with Gasteiger partial charge in [-0.05, 0) is 44.8 Å². The number of alkyl carbamates (subject to hydrolysis) is 1. The molecule has 1 atom stereocenters. The molecule has 1 unspecified atom stereocenters. The summed E-state index contributed by atoms with van der Waals surface area (Å²) in [7, 11) is -1.15. The highest BCUT2D eigenvalue weighted by atomic mass is 32.2. The Morgan fingerprint density at radius 3 is 2.50 bits per heavy atom. The molecule has 0 radical (unpaired) electrons. The molecule has 0 aliphatic heterocycles. The molecular weight excluding hydrogens is 430 g/mol. The summed E-state index contributed by atoms with van der Waals surface area (Å²) in [6, 6.07) is 8.83. The molecule has 1 aliphatic carbocycles. The zero-order valence-corrected chi connectivity index (χ0v) is 20.0. The van der Waals surface area contributed by atoms with Crippen LogP contribution in [0.2, 0.25) is 0 Å². The van der Waals surface area contributed by atoms with Gasteiger partial charge in [-0.15, -0.1) is 0 Å². The first-order chi connectivity index (χ1) is 15.2. The van der Waals surface area contributed by atoms with Crippen molar-refractivity contribution in [1.82, 2.24) is 15.5 Å². The summed E-state index contributed by atoms with van der Waals surface area (Å²) < 4.78 is 28.3. The lowest BCUT2D eigenvalue weighted by Crippen LogP contribution is -2.48. The Morgan fingerprint density at radius 2 is 1.84 bits per heavy atom. The molecule has 1 aliphatic rings. The maximum Gasteiger partial charge on any atom is 0.408 e. The van der Waals surface area contributed by atoms with E-state index < -0.39 is 27.9 Å². The van der Waals surface area contributed by atoms with Crippen LogP contribution in [-0.4, -0.2) is 69.5 Å². The van der Waals surface area contributed by atoms with E-state index >= 15 is 0 Å². The van der Waals surface area contributed by atoms with Crippen LogP contribution in [0.3, 0.4) is 0 Å². The highest BCUT2D eigenvalue weighted by molar-refractivity contribution is 7.90. The van der Waals surface area contributed by atoms with Gasteiger partial charge in [-0.25, -0.2) is 13.2 Å². The fraction of sp³-hybridized carbons (Fsp3) is 0.652. The smallest absolute Gasteiger partial charge is 0.408 e. The number of hydrogen-bond acceptors (Lipinski definition) is 6. The van der Waals surface area contributed by atoms with Gasteiger partial charge in [-0.3, -0.25) is 4.79 Å². The van der Waals surface area contributed by atoms with Crippen molar-refractivity contribution in [2.45, 2.75) is 63.6 Å². The lowest BCUT2D eigenvalue weighted by molar-refractivity contribution is -0.123. The first-order valence-corrected chi connectivity index (χ1v) is 13.4. The lowest BCUT2D eigenvalue weighted by Gasteiger charge is -2.31. The van der Waals surface area contributed by atoms with E-state index in [9.17, 15) is 18.0 Å². The molecule has 1 fully saturated rings. The van der Waals surface area contributed by atoms with E-state index in [2.05, 4.69) is 22.6 Å². The molecule has 2 amide bonds. The van der Waals surface area contributed by atoms with Gasteiger partial charge in [-0.2, -0.15) is 0 Å². The van der Waals surface area contributed by atoms with Crippen LogP contribution in [-0.2, 0) is 26.0 Å². The van der Waals surface area contributed by atoms with E-state index in [1.807, 2.05) is 30.3 Å². The van der Waals surface area contributed by atoms with E-state index in [-0.39, 0.29) is 18.8 Å². The largest absolute Gasteiger partial charge is 0.445 e. The number of sulfone groups is 1. The minimum absolute atomic E-state index is 0.00686. The van der Waals surface area contributed by atoms with E-state index in [1.165, 1.54) is 32.1 Å². The topological polar surface area (TPSA) is 105 Å². The van der Waals surface area contributed by atoms with Crippen LogP contribution in [0.4, 0.5) is 4.79 Å². The molecule has 0 heterocycles. The Balaban J connectivity index is 1.79. The van der Waals surface area contributed by atoms with Crippen molar-refractivity contribution in [3.05, 3.63) is 35.9 Å². The minimum Gasteiger partial charge on any atom is -0.445 e. The van der Waals surface area contributed by atoms with Gasteiger partial charge in [0, 0.05) is 18.8 Å². The molecule has 1 aromatic rings. The molecule has 9 heteroatoms. The fourth-order valence-corrected chi connectivity index (χ4v) is 4.54. The summed E-state index contributed by atoms with van der Waals surface area (Å²) in [6.07, 6.45) is 7.46. The van der Waals surface area contributed by atoms with Gasteiger partial charge in [0.15, 0.2) is 0 Å². The number of nitrogens with one attached hydrogen (secondary N) is 2. The van der Waals surface area contributed by atoms with Crippen molar-refractivity contribution in [3.8, 4) is 0 Å². The second-order valence-electron chi connectivity index (χ2n) is 8.59. The molecule has 180 valence electrons. The van der Waals surface area contributed by atoms with Gasteiger partial charge in [0.2, 0.25) is 5.91 Å². The summed E-state index contributed by atoms with van der Waals surface area (Å²) in [5, 5.41) is 5.34. The number of ether oxygens (including phenoxy) is 1. The molecule has 0 bridgehead atoms. The molecular formula is C23H37N3O5S. The second-order valence-corrected chi connectivity index (χ2v) is 10.9. The predicted octanol–water partition coefficient (Wildman–Crippen LogP) is 2.49. The quantitative estimate of drug-likeness (QED) is 0.458. The van der Waals surface area contributed by atoms with Crippen molar-refractivity contribution in [2.75, 3.05) is 32.1 Å². The highest BCUT2D eigenvalue weighted by Gasteiger charge is 2.23. The average Bonchev–Trinajstić information content (AvgIpc) is 2.78. The first kappa shape index (κ1) is 26.1. The third-order valence-corrected chi connectivity index (χ3v) is 6.76. The lowest BCUT2D eigenvalue weighted by atomic mass is 9.94. The Bertz CT molecular complexity index is 810. The summed E-state index contributed by atoms with van der Waals surface area (Å²) >= 11 is 0. The monoisotopic (exact) mass is 467 g/mol. The van der Waals surface area contributed by atoms with Gasteiger partial charge in [0.05, 0.1) is 5.75 Å². The Hall–Kier alpha value is -2.13. The number of benzene rings is 1. The molecule has 0 spiro atoms. The molecule has 2 rings (SSSR count). The van der Waals surface area contributed by atoms with Gasteiger partial charge in [0.25, 0.3) is 0 Å². The number of amides is 2. The highest BCUT2D eigenvalue weighted by Crippen LogP contribution is 2.21. The SMILES string of the molecule is CN(CCCNC(=O)C(CCS(C)(=O)=O)NC(=O)OCc1ccccc1)C1CCCCC1. The van der Waals surface area contributed by atoms with Crippen LogP contribution in [0.5, 0.6) is 0 Å². The number of carbonyl (C=O) groups is 2. The van der Waals surface area contributed by atoms with Crippen molar-refractivity contribution < 1.29 is 22.7 Å². The Labute approximate surface area is 192 Å². The molecule has 2 N–H and O–H groups in total. The van der Waals surface area contributed by atoms with Crippen LogP contribution >= 0.6 is 0 Å². The standard InChI is InChI=1S/C23H37N3O5S/c1-26(20-12-7-4-8-13-20)16-9-15-24-22(27)21(14-17-32(2,29)30)25-23(28)31-18-19-10-5-3-6-11-19/h3,5-6,10-11,20-21H,4,7-9,12-18H2,1-2H3,(H,24,27)(H,25,28). The molecule has 0 saturated heterocycles. The first-order valence-electron chi connectivity index (χ1n) is 11.4. The molecule has 1 aromatic carbocycles. The number of hydrogen-bond donors (Lipinski definition) is 2. The number of nitrogens with zero attached hydrogens (tertiary/aromatic N) is 1. The number of carbonyl (C=O) groups excluding carboxylic acids is 2. The maximum atomic E-state index is 12.6. The summed E-state index contributed by atoms with van der Waals surface area (Å²) in [4.78, 5) is 27.2. The van der Waals surface area contributed by atoms with Gasteiger partial charge in [0.1, 0.15) is 22.5 Å². The Kier molecular flexibility index (Phi) is 11.0. The van der Waals surface area contributed by atoms with Crippen molar-refractivity contribution >= 4 is 21.8 Å². The van der Waals surface area contributed by atoms with Gasteiger partial charge >= 0.3 is 6.09 Å². The van der Waals surface area contributed by atoms with E-state index in [1.54, 1.807) is 0 Å². The van der Waals surface area contributed by atoms with Crippen LogP contribution in [0, 0.1) is 0 Å². The third-order valence-electron chi connectivity index (χ3n) is 5.78. The van der Waals surface area contributed by atoms with Crippen LogP contribution in [0.15, 0.2) is 30.3 Å². The summed E-state index contributed by atoms with van der Waals surface area (Å²) in [5.74, 6) is -0.597. The number of rotatable bonds is 12. The van der Waals surface area contributed by atoms with Crippen molar-refractivity contribution in [1.29, 1.82) is 0 Å².